The monoisotopic (exact) mass is 394 g/mol. The Morgan fingerprint density at radius 1 is 1.29 bits per heavy atom. The third-order valence-electron chi connectivity index (χ3n) is 4.94. The number of aliphatic hydroxyl groups excluding tert-OH is 1. The third kappa shape index (κ3) is 4.76. The Bertz CT molecular complexity index is 506. The van der Waals surface area contributed by atoms with Crippen LogP contribution in [0.5, 0.6) is 0 Å². The summed E-state index contributed by atoms with van der Waals surface area (Å²) in [7, 11) is 0. The van der Waals surface area contributed by atoms with Gasteiger partial charge in [-0.2, -0.15) is 0 Å². The van der Waals surface area contributed by atoms with E-state index in [1.54, 1.807) is 18.2 Å². The van der Waals surface area contributed by atoms with Crippen LogP contribution in [-0.2, 0) is 4.74 Å². The second kappa shape index (κ2) is 9.58. The molecular formula is C17H25Cl3N2O2. The van der Waals surface area contributed by atoms with Gasteiger partial charge in [0.25, 0.3) is 0 Å². The van der Waals surface area contributed by atoms with Gasteiger partial charge in [-0.25, -0.2) is 0 Å². The summed E-state index contributed by atoms with van der Waals surface area (Å²) in [5.41, 5.74) is 0.608. The van der Waals surface area contributed by atoms with E-state index in [9.17, 15) is 5.11 Å². The van der Waals surface area contributed by atoms with Gasteiger partial charge in [0, 0.05) is 40.8 Å². The van der Waals surface area contributed by atoms with Crippen LogP contribution in [-0.4, -0.2) is 43.5 Å². The molecule has 1 saturated heterocycles. The molecule has 0 aromatic heterocycles. The zero-order valence-corrected chi connectivity index (χ0v) is 15.8. The fourth-order valence-electron chi connectivity index (χ4n) is 3.78. The molecule has 1 aliphatic heterocycles. The van der Waals surface area contributed by atoms with Gasteiger partial charge >= 0.3 is 0 Å². The van der Waals surface area contributed by atoms with Crippen molar-refractivity contribution in [1.82, 2.24) is 10.6 Å². The predicted molar refractivity (Wildman–Crippen MR) is 100 cm³/mol. The van der Waals surface area contributed by atoms with Gasteiger partial charge < -0.3 is 20.5 Å². The van der Waals surface area contributed by atoms with Crippen LogP contribution >= 0.6 is 35.6 Å². The highest BCUT2D eigenvalue weighted by Crippen LogP contribution is 2.32. The zero-order valence-electron chi connectivity index (χ0n) is 13.5. The maximum Gasteiger partial charge on any atom is 0.0943 e. The smallest absolute Gasteiger partial charge is 0.0943 e. The topological polar surface area (TPSA) is 53.5 Å². The van der Waals surface area contributed by atoms with Crippen molar-refractivity contribution < 1.29 is 9.84 Å². The van der Waals surface area contributed by atoms with Gasteiger partial charge in [0.05, 0.1) is 19.3 Å². The zero-order chi connectivity index (χ0) is 16.2. The number of aliphatic hydroxyl groups is 1. The third-order valence-corrected chi connectivity index (χ3v) is 5.60. The van der Waals surface area contributed by atoms with Gasteiger partial charge in [0.1, 0.15) is 0 Å². The largest absolute Gasteiger partial charge is 0.387 e. The molecule has 136 valence electrons. The first kappa shape index (κ1) is 20.2. The van der Waals surface area contributed by atoms with Crippen molar-refractivity contribution in [3.8, 4) is 0 Å². The van der Waals surface area contributed by atoms with Crippen molar-refractivity contribution in [1.29, 1.82) is 0 Å². The highest BCUT2D eigenvalue weighted by Gasteiger charge is 2.34. The van der Waals surface area contributed by atoms with E-state index in [1.807, 2.05) is 0 Å². The van der Waals surface area contributed by atoms with Crippen LogP contribution in [0.2, 0.25) is 10.0 Å². The van der Waals surface area contributed by atoms with E-state index in [0.717, 1.165) is 26.2 Å². The molecule has 4 atom stereocenters. The second-order valence-corrected chi connectivity index (χ2v) is 7.21. The van der Waals surface area contributed by atoms with Crippen molar-refractivity contribution in [2.75, 3.05) is 26.3 Å². The molecule has 1 aromatic rings. The second-order valence-electron chi connectivity index (χ2n) is 6.40. The first-order valence-corrected chi connectivity index (χ1v) is 9.09. The summed E-state index contributed by atoms with van der Waals surface area (Å²) in [6.07, 6.45) is 2.84. The lowest BCUT2D eigenvalue weighted by molar-refractivity contribution is 0.0513. The van der Waals surface area contributed by atoms with Crippen LogP contribution in [0.15, 0.2) is 18.2 Å². The van der Waals surface area contributed by atoms with E-state index in [0.29, 0.717) is 40.2 Å². The molecule has 0 spiro atoms. The van der Waals surface area contributed by atoms with E-state index in [-0.39, 0.29) is 12.4 Å². The van der Waals surface area contributed by atoms with Gasteiger partial charge in [-0.3, -0.25) is 0 Å². The fourth-order valence-corrected chi connectivity index (χ4v) is 4.43. The molecule has 0 bridgehead atoms. The minimum absolute atomic E-state index is 0. The maximum atomic E-state index is 10.5. The summed E-state index contributed by atoms with van der Waals surface area (Å²) in [6.45, 7) is 2.96. The summed E-state index contributed by atoms with van der Waals surface area (Å²) in [4.78, 5) is 0. The van der Waals surface area contributed by atoms with Crippen molar-refractivity contribution in [3.63, 3.8) is 0 Å². The minimum atomic E-state index is -0.701. The Morgan fingerprint density at radius 2 is 2.04 bits per heavy atom. The van der Waals surface area contributed by atoms with E-state index < -0.39 is 6.10 Å². The van der Waals surface area contributed by atoms with Crippen LogP contribution in [0.4, 0.5) is 0 Å². The van der Waals surface area contributed by atoms with Crippen LogP contribution in [0, 0.1) is 5.92 Å². The standard InChI is InChI=1S/C17H24Cl2N2O2.ClH/c18-12-4-2-5-13(19)17(12)16(22)9-21-14-6-1-3-11(14)15-10-23-8-7-20-15;/h2,4-5,11,14-16,20-22H,1,3,6-10H2;1H. The lowest BCUT2D eigenvalue weighted by Gasteiger charge is -2.33. The number of rotatable bonds is 5. The van der Waals surface area contributed by atoms with Crippen molar-refractivity contribution in [2.24, 2.45) is 5.92 Å². The molecular weight excluding hydrogens is 371 g/mol. The molecule has 1 aromatic carbocycles. The molecule has 4 unspecified atom stereocenters. The molecule has 2 aliphatic rings. The van der Waals surface area contributed by atoms with Gasteiger partial charge in [-0.1, -0.05) is 35.7 Å². The quantitative estimate of drug-likeness (QED) is 0.716. The summed E-state index contributed by atoms with van der Waals surface area (Å²) < 4.78 is 5.59. The average molecular weight is 396 g/mol. The van der Waals surface area contributed by atoms with Crippen LogP contribution in [0.1, 0.15) is 30.9 Å². The van der Waals surface area contributed by atoms with Crippen LogP contribution in [0.25, 0.3) is 0 Å². The fraction of sp³-hybridized carbons (Fsp3) is 0.647. The minimum Gasteiger partial charge on any atom is -0.387 e. The van der Waals surface area contributed by atoms with Crippen LogP contribution < -0.4 is 10.6 Å². The van der Waals surface area contributed by atoms with Gasteiger partial charge in [-0.15, -0.1) is 12.4 Å². The summed E-state index contributed by atoms with van der Waals surface area (Å²) in [5.74, 6) is 0.546. The Morgan fingerprint density at radius 3 is 2.71 bits per heavy atom. The molecule has 1 saturated carbocycles. The lowest BCUT2D eigenvalue weighted by Crippen LogP contribution is -2.51. The van der Waals surface area contributed by atoms with E-state index in [2.05, 4.69) is 10.6 Å². The molecule has 3 rings (SSSR count). The van der Waals surface area contributed by atoms with Crippen LogP contribution in [0.3, 0.4) is 0 Å². The Kier molecular flexibility index (Phi) is 8.08. The van der Waals surface area contributed by atoms with Crippen molar-refractivity contribution >= 4 is 35.6 Å². The van der Waals surface area contributed by atoms with E-state index >= 15 is 0 Å². The number of hydrogen-bond donors (Lipinski definition) is 3. The van der Waals surface area contributed by atoms with Crippen molar-refractivity contribution in [2.45, 2.75) is 37.5 Å². The normalized spacial score (nSPS) is 28.4. The highest BCUT2D eigenvalue weighted by atomic mass is 35.5. The number of nitrogens with one attached hydrogen (secondary N) is 2. The number of ether oxygens (including phenoxy) is 1. The number of hydrogen-bond acceptors (Lipinski definition) is 4. The summed E-state index contributed by atoms with van der Waals surface area (Å²) >= 11 is 12.3. The summed E-state index contributed by atoms with van der Waals surface area (Å²) in [5, 5.41) is 18.6. The van der Waals surface area contributed by atoms with Gasteiger partial charge in [0.15, 0.2) is 0 Å². The van der Waals surface area contributed by atoms with Gasteiger partial charge in [0.2, 0.25) is 0 Å². The van der Waals surface area contributed by atoms with E-state index in [4.69, 9.17) is 27.9 Å². The number of benzene rings is 1. The number of halogens is 3. The molecule has 2 fully saturated rings. The van der Waals surface area contributed by atoms with E-state index in [1.165, 1.54) is 12.8 Å². The summed E-state index contributed by atoms with van der Waals surface area (Å²) in [6, 6.07) is 6.10. The SMILES string of the molecule is Cl.OC(CNC1CCCC1C1COCCN1)c1c(Cl)cccc1Cl. The Balaban J connectivity index is 0.00000208. The molecule has 0 amide bonds. The Labute approximate surface area is 159 Å². The first-order chi connectivity index (χ1) is 11.2. The predicted octanol–water partition coefficient (Wildman–Crippen LogP) is 3.20. The maximum absolute atomic E-state index is 10.5. The average Bonchev–Trinajstić information content (AvgIpc) is 3.02. The highest BCUT2D eigenvalue weighted by molar-refractivity contribution is 6.36. The molecule has 3 N–H and O–H groups in total. The first-order valence-electron chi connectivity index (χ1n) is 8.33. The van der Waals surface area contributed by atoms with Crippen molar-refractivity contribution in [3.05, 3.63) is 33.8 Å². The Hall–Kier alpha value is -0.0700. The molecule has 1 heterocycles. The molecule has 0 radical (unpaired) electrons. The molecule has 24 heavy (non-hydrogen) atoms. The number of morpholine rings is 1. The molecule has 7 heteroatoms. The molecule has 1 aliphatic carbocycles. The lowest BCUT2D eigenvalue weighted by atomic mass is 9.93. The van der Waals surface area contributed by atoms with Gasteiger partial charge in [-0.05, 0) is 30.9 Å². The molecule has 4 nitrogen and oxygen atoms in total.